The van der Waals surface area contributed by atoms with E-state index >= 15 is 0 Å². The molecule has 236 valence electrons. The first-order chi connectivity index (χ1) is 24.8. The van der Waals surface area contributed by atoms with Crippen LogP contribution in [-0.4, -0.2) is 9.13 Å². The number of para-hydroxylation sites is 2. The minimum absolute atomic E-state index is 1.05. The Bertz CT molecular complexity index is 2730. The summed E-state index contributed by atoms with van der Waals surface area (Å²) in [6, 6.07) is 62.0. The van der Waals surface area contributed by atoms with Gasteiger partial charge in [0.15, 0.2) is 0 Å². The Morgan fingerprint density at radius 3 is 1.76 bits per heavy atom. The maximum absolute atomic E-state index is 2.44. The molecule has 50 heavy (non-hydrogen) atoms. The molecule has 0 saturated carbocycles. The molecule has 0 fully saturated rings. The second kappa shape index (κ2) is 11.6. The van der Waals surface area contributed by atoms with Gasteiger partial charge in [-0.05, 0) is 101 Å². The summed E-state index contributed by atoms with van der Waals surface area (Å²) in [7, 11) is 0. The zero-order valence-electron chi connectivity index (χ0n) is 27.6. The predicted octanol–water partition coefficient (Wildman–Crippen LogP) is 12.7. The van der Waals surface area contributed by atoms with Crippen molar-refractivity contribution in [3.05, 3.63) is 187 Å². The highest BCUT2D eigenvalue weighted by atomic mass is 15.0. The summed E-state index contributed by atoms with van der Waals surface area (Å²) in [4.78, 5) is 0. The topological polar surface area (TPSA) is 9.86 Å². The van der Waals surface area contributed by atoms with E-state index in [0.717, 1.165) is 12.8 Å². The summed E-state index contributed by atoms with van der Waals surface area (Å²) in [5.41, 5.74) is 16.2. The molecule has 0 saturated heterocycles. The summed E-state index contributed by atoms with van der Waals surface area (Å²) in [6.45, 7) is 0. The molecule has 0 radical (unpaired) electrons. The van der Waals surface area contributed by atoms with Gasteiger partial charge in [-0.2, -0.15) is 0 Å². The van der Waals surface area contributed by atoms with E-state index in [-0.39, 0.29) is 0 Å². The highest BCUT2D eigenvalue weighted by Crippen LogP contribution is 2.40. The van der Waals surface area contributed by atoms with E-state index in [1.807, 2.05) is 0 Å². The molecule has 0 N–H and O–H groups in total. The number of nitrogens with zero attached hydrogens (tertiary/aromatic N) is 2. The Balaban J connectivity index is 1.11. The summed E-state index contributed by atoms with van der Waals surface area (Å²) < 4.78 is 4.88. The van der Waals surface area contributed by atoms with Crippen molar-refractivity contribution in [2.45, 2.75) is 12.8 Å². The van der Waals surface area contributed by atoms with Gasteiger partial charge < -0.3 is 9.13 Å². The average molecular weight is 639 g/mol. The fraction of sp³-hybridized carbons (Fsp3) is 0.0417. The third-order valence-electron chi connectivity index (χ3n) is 10.4. The van der Waals surface area contributed by atoms with E-state index in [1.165, 1.54) is 88.7 Å². The van der Waals surface area contributed by atoms with Gasteiger partial charge in [-0.25, -0.2) is 0 Å². The molecule has 0 amide bonds. The van der Waals surface area contributed by atoms with Crippen LogP contribution in [-0.2, 0) is 6.42 Å². The van der Waals surface area contributed by atoms with Crippen molar-refractivity contribution < 1.29 is 0 Å². The van der Waals surface area contributed by atoms with Gasteiger partial charge >= 0.3 is 0 Å². The minimum atomic E-state index is 1.05. The van der Waals surface area contributed by atoms with Gasteiger partial charge in [0.05, 0.1) is 22.2 Å². The van der Waals surface area contributed by atoms with Crippen molar-refractivity contribution in [3.8, 4) is 44.8 Å². The number of fused-ring (bicyclic) bond motifs is 6. The third-order valence-corrected chi connectivity index (χ3v) is 10.4. The third kappa shape index (κ3) is 4.57. The molecule has 0 aliphatic heterocycles. The standard InChI is InChI=1S/C48H34N2/c1-3-13-33(14-4-1)34-23-27-38(28-24-34)49-45-21-11-8-18-40(45)42-31-36(25-29-47(42)49)37-26-30-48-43(32-37)41-19-9-12-22-46(41)50(48)44-20-10-7-17-39(44)35-15-5-2-6-16-35/h1-7,9-17,19-32H,8,18H2. The molecule has 2 aromatic heterocycles. The Labute approximate surface area is 291 Å². The largest absolute Gasteiger partial charge is 0.310 e. The van der Waals surface area contributed by atoms with Crippen molar-refractivity contribution in [1.29, 1.82) is 0 Å². The van der Waals surface area contributed by atoms with E-state index in [4.69, 9.17) is 0 Å². The molecule has 1 aliphatic carbocycles. The van der Waals surface area contributed by atoms with E-state index in [0.29, 0.717) is 0 Å². The van der Waals surface area contributed by atoms with Gasteiger partial charge in [0.1, 0.15) is 0 Å². The van der Waals surface area contributed by atoms with Crippen molar-refractivity contribution >= 4 is 38.8 Å². The molecule has 2 nitrogen and oxygen atoms in total. The van der Waals surface area contributed by atoms with Crippen LogP contribution in [0, 0.1) is 0 Å². The summed E-state index contributed by atoms with van der Waals surface area (Å²) in [6.07, 6.45) is 6.75. The summed E-state index contributed by atoms with van der Waals surface area (Å²) in [5, 5.41) is 3.87. The Morgan fingerprint density at radius 1 is 0.400 bits per heavy atom. The van der Waals surface area contributed by atoms with Crippen LogP contribution in [0.1, 0.15) is 17.7 Å². The van der Waals surface area contributed by atoms with Crippen LogP contribution < -0.4 is 0 Å². The molecule has 0 unspecified atom stereocenters. The fourth-order valence-electron chi connectivity index (χ4n) is 8.07. The fourth-order valence-corrected chi connectivity index (χ4v) is 8.07. The van der Waals surface area contributed by atoms with Gasteiger partial charge in [-0.1, -0.05) is 127 Å². The normalized spacial score (nSPS) is 12.6. The molecule has 9 aromatic rings. The quantitative estimate of drug-likeness (QED) is 0.178. The maximum Gasteiger partial charge on any atom is 0.0541 e. The van der Waals surface area contributed by atoms with E-state index in [1.54, 1.807) is 0 Å². The highest BCUT2D eigenvalue weighted by Gasteiger charge is 2.20. The van der Waals surface area contributed by atoms with Crippen molar-refractivity contribution in [2.75, 3.05) is 0 Å². The van der Waals surface area contributed by atoms with Gasteiger partial charge in [-0.3, -0.25) is 0 Å². The Hall–Kier alpha value is -6.38. The van der Waals surface area contributed by atoms with Crippen LogP contribution in [0.15, 0.2) is 176 Å². The maximum atomic E-state index is 2.44. The lowest BCUT2D eigenvalue weighted by atomic mass is 9.97. The number of benzene rings is 7. The van der Waals surface area contributed by atoms with Crippen LogP contribution >= 0.6 is 0 Å². The molecular formula is C48H34N2. The molecule has 0 atom stereocenters. The smallest absolute Gasteiger partial charge is 0.0541 e. The van der Waals surface area contributed by atoms with Crippen LogP contribution in [0.3, 0.4) is 0 Å². The number of rotatable bonds is 5. The number of aromatic nitrogens is 2. The molecule has 1 aliphatic rings. The summed E-state index contributed by atoms with van der Waals surface area (Å²) in [5.74, 6) is 0. The lowest BCUT2D eigenvalue weighted by Gasteiger charge is -2.14. The van der Waals surface area contributed by atoms with Crippen LogP contribution in [0.25, 0.3) is 83.5 Å². The highest BCUT2D eigenvalue weighted by molar-refractivity contribution is 6.11. The van der Waals surface area contributed by atoms with Crippen LogP contribution in [0.5, 0.6) is 0 Å². The molecule has 7 aromatic carbocycles. The summed E-state index contributed by atoms with van der Waals surface area (Å²) >= 11 is 0. The zero-order chi connectivity index (χ0) is 33.0. The van der Waals surface area contributed by atoms with E-state index < -0.39 is 0 Å². The van der Waals surface area contributed by atoms with Crippen LogP contribution in [0.2, 0.25) is 0 Å². The van der Waals surface area contributed by atoms with Gasteiger partial charge in [0.25, 0.3) is 0 Å². The Kier molecular flexibility index (Phi) is 6.67. The first-order valence-corrected chi connectivity index (χ1v) is 17.5. The Morgan fingerprint density at radius 2 is 0.980 bits per heavy atom. The van der Waals surface area contributed by atoms with Crippen molar-refractivity contribution in [1.82, 2.24) is 9.13 Å². The van der Waals surface area contributed by atoms with E-state index in [2.05, 4.69) is 191 Å². The molecule has 0 bridgehead atoms. The lowest BCUT2D eigenvalue weighted by molar-refractivity contribution is 0.967. The number of aryl methyl sites for hydroxylation is 1. The second-order valence-corrected chi connectivity index (χ2v) is 13.3. The van der Waals surface area contributed by atoms with Gasteiger partial charge in [-0.15, -0.1) is 0 Å². The van der Waals surface area contributed by atoms with Crippen LogP contribution in [0.4, 0.5) is 0 Å². The van der Waals surface area contributed by atoms with Crippen molar-refractivity contribution in [2.24, 2.45) is 0 Å². The first-order valence-electron chi connectivity index (χ1n) is 17.5. The minimum Gasteiger partial charge on any atom is -0.310 e. The monoisotopic (exact) mass is 638 g/mol. The zero-order valence-corrected chi connectivity index (χ0v) is 27.6. The molecule has 10 rings (SSSR count). The van der Waals surface area contributed by atoms with Gasteiger partial charge in [0, 0.05) is 33.1 Å². The molecule has 0 spiro atoms. The second-order valence-electron chi connectivity index (χ2n) is 13.3. The predicted molar refractivity (Wildman–Crippen MR) is 211 cm³/mol. The van der Waals surface area contributed by atoms with Gasteiger partial charge in [0.2, 0.25) is 0 Å². The first kappa shape index (κ1) is 28.6. The average Bonchev–Trinajstić information content (AvgIpc) is 3.71. The molecular weight excluding hydrogens is 605 g/mol. The van der Waals surface area contributed by atoms with Crippen molar-refractivity contribution in [3.63, 3.8) is 0 Å². The number of hydrogen-bond acceptors (Lipinski definition) is 0. The SMILES string of the molecule is C1=Cc2c(c3cc(-c4ccc5c(c4)c4ccccc4n5-c4ccccc4-c4ccccc4)ccc3n2-c2ccc(-c3ccccc3)cc2)CC1. The number of allylic oxidation sites excluding steroid dienone is 1. The number of hydrogen-bond donors (Lipinski definition) is 0. The molecule has 2 heteroatoms. The molecule has 2 heterocycles. The lowest BCUT2D eigenvalue weighted by Crippen LogP contribution is -2.00. The van der Waals surface area contributed by atoms with E-state index in [9.17, 15) is 0 Å².